The molecule has 5 rings (SSSR count). The lowest BCUT2D eigenvalue weighted by atomic mass is 9.81. The second-order valence-electron chi connectivity index (χ2n) is 10.9. The van der Waals surface area contributed by atoms with E-state index in [2.05, 4.69) is 34.4 Å². The minimum atomic E-state index is -1.05. The first-order valence-corrected chi connectivity index (χ1v) is 12.8. The first-order chi connectivity index (χ1) is 16.8. The molecule has 3 unspecified atom stereocenters. The summed E-state index contributed by atoms with van der Waals surface area (Å²) in [5.41, 5.74) is 4.08. The summed E-state index contributed by atoms with van der Waals surface area (Å²) >= 11 is 0. The standard InChI is InChI=1S/C28H36FN3O3/c1-28(10-8-19(9-11-28)27(34)35-3)18-32-23-7-5-21(29)16-22(23)25-24(32)6-4-20(26(25)33)17-31-14-12-30(2)13-15-31/h5,7-10,20-21H,4,6,11-18H2,1-3H3. The van der Waals surface area contributed by atoms with Gasteiger partial charge < -0.3 is 19.1 Å². The number of allylic oxidation sites excluding steroid dienone is 3. The number of aromatic nitrogens is 1. The number of hydrogen-bond donors (Lipinski definition) is 0. The van der Waals surface area contributed by atoms with Gasteiger partial charge in [0.05, 0.1) is 12.7 Å². The highest BCUT2D eigenvalue weighted by Gasteiger charge is 2.38. The molecule has 1 fully saturated rings. The number of piperazine rings is 1. The molecule has 3 atom stereocenters. The van der Waals surface area contributed by atoms with Crippen LogP contribution in [0.4, 0.5) is 4.39 Å². The molecule has 0 spiro atoms. The van der Waals surface area contributed by atoms with Crippen LogP contribution in [0.2, 0.25) is 0 Å². The Balaban J connectivity index is 1.42. The van der Waals surface area contributed by atoms with Gasteiger partial charge >= 0.3 is 5.97 Å². The molecule has 35 heavy (non-hydrogen) atoms. The number of methoxy groups -OCH3 is 1. The van der Waals surface area contributed by atoms with Crippen molar-refractivity contribution in [3.05, 3.63) is 52.4 Å². The minimum Gasteiger partial charge on any atom is -0.465 e. The lowest BCUT2D eigenvalue weighted by Crippen LogP contribution is -2.47. The van der Waals surface area contributed by atoms with Crippen molar-refractivity contribution in [2.24, 2.45) is 11.3 Å². The Morgan fingerprint density at radius 2 is 2.00 bits per heavy atom. The van der Waals surface area contributed by atoms with Gasteiger partial charge in [0.1, 0.15) is 6.17 Å². The zero-order valence-corrected chi connectivity index (χ0v) is 21.1. The van der Waals surface area contributed by atoms with Crippen molar-refractivity contribution in [1.82, 2.24) is 14.4 Å². The van der Waals surface area contributed by atoms with Gasteiger partial charge in [0, 0.05) is 74.0 Å². The van der Waals surface area contributed by atoms with Crippen LogP contribution in [0.3, 0.4) is 0 Å². The summed E-state index contributed by atoms with van der Waals surface area (Å²) in [6.07, 6.45) is 10.9. The Labute approximate surface area is 207 Å². The number of rotatable bonds is 5. The fourth-order valence-electron chi connectivity index (χ4n) is 6.01. The monoisotopic (exact) mass is 481 g/mol. The predicted octanol–water partition coefficient (Wildman–Crippen LogP) is 3.45. The Kier molecular flexibility index (Phi) is 6.57. The van der Waals surface area contributed by atoms with E-state index in [0.717, 1.165) is 68.1 Å². The van der Waals surface area contributed by atoms with Gasteiger partial charge in [-0.25, -0.2) is 9.18 Å². The zero-order valence-electron chi connectivity index (χ0n) is 21.1. The van der Waals surface area contributed by atoms with Gasteiger partial charge in [-0.05, 0) is 44.0 Å². The van der Waals surface area contributed by atoms with E-state index in [-0.39, 0.29) is 29.5 Å². The molecule has 0 saturated carbocycles. The van der Waals surface area contributed by atoms with Crippen LogP contribution in [0.15, 0.2) is 29.9 Å². The first-order valence-electron chi connectivity index (χ1n) is 12.8. The molecule has 0 aromatic carbocycles. The molecule has 1 aromatic rings. The van der Waals surface area contributed by atoms with E-state index < -0.39 is 6.17 Å². The molecule has 4 aliphatic rings. The van der Waals surface area contributed by atoms with Gasteiger partial charge in [0.25, 0.3) is 0 Å². The predicted molar refractivity (Wildman–Crippen MR) is 134 cm³/mol. The molecule has 6 nitrogen and oxygen atoms in total. The number of alkyl halides is 1. The van der Waals surface area contributed by atoms with E-state index >= 15 is 0 Å². The van der Waals surface area contributed by atoms with Crippen LogP contribution in [0.5, 0.6) is 0 Å². The quantitative estimate of drug-likeness (QED) is 0.603. The molecule has 188 valence electrons. The number of halogens is 1. The average Bonchev–Trinajstić information content (AvgIpc) is 3.14. The zero-order chi connectivity index (χ0) is 24.7. The molecule has 1 aromatic heterocycles. The van der Waals surface area contributed by atoms with Crippen LogP contribution in [0.1, 0.15) is 47.1 Å². The van der Waals surface area contributed by atoms with E-state index in [9.17, 15) is 14.0 Å². The molecule has 0 radical (unpaired) electrons. The summed E-state index contributed by atoms with van der Waals surface area (Å²) in [5, 5.41) is 0. The van der Waals surface area contributed by atoms with Crippen LogP contribution in [0, 0.1) is 11.3 Å². The third kappa shape index (κ3) is 4.68. The third-order valence-corrected chi connectivity index (χ3v) is 8.19. The molecular weight excluding hydrogens is 445 g/mol. The van der Waals surface area contributed by atoms with Crippen molar-refractivity contribution >= 4 is 17.8 Å². The van der Waals surface area contributed by atoms with Gasteiger partial charge in [0.2, 0.25) is 0 Å². The Bertz CT molecular complexity index is 1110. The molecule has 7 heteroatoms. The fourth-order valence-corrected chi connectivity index (χ4v) is 6.01. The summed E-state index contributed by atoms with van der Waals surface area (Å²) in [6, 6.07) is 0. The van der Waals surface area contributed by atoms with Crippen LogP contribution >= 0.6 is 0 Å². The SMILES string of the molecule is COC(=O)C1=CCC(C)(Cn2c3c(c4c2CCC(CN2CCN(C)CC2)C4=O)CC(F)C=C3)C=C1. The van der Waals surface area contributed by atoms with Gasteiger partial charge in [-0.1, -0.05) is 25.2 Å². The first kappa shape index (κ1) is 24.2. The van der Waals surface area contributed by atoms with E-state index in [0.29, 0.717) is 18.5 Å². The maximum Gasteiger partial charge on any atom is 0.337 e. The number of ketones is 1. The largest absolute Gasteiger partial charge is 0.465 e. The van der Waals surface area contributed by atoms with Crippen molar-refractivity contribution in [2.75, 3.05) is 46.9 Å². The summed E-state index contributed by atoms with van der Waals surface area (Å²) < 4.78 is 21.6. The highest BCUT2D eigenvalue weighted by atomic mass is 19.1. The number of carbonyl (C=O) groups excluding carboxylic acids is 2. The Morgan fingerprint density at radius 1 is 1.23 bits per heavy atom. The number of nitrogens with zero attached hydrogens (tertiary/aromatic N) is 3. The number of carbonyl (C=O) groups is 2. The number of esters is 1. The molecule has 0 N–H and O–H groups in total. The molecular formula is C28H36FN3O3. The molecule has 2 heterocycles. The van der Waals surface area contributed by atoms with E-state index in [1.54, 1.807) is 6.08 Å². The van der Waals surface area contributed by atoms with Crippen molar-refractivity contribution in [3.8, 4) is 0 Å². The van der Waals surface area contributed by atoms with E-state index in [1.807, 2.05) is 18.2 Å². The second kappa shape index (κ2) is 9.51. The van der Waals surface area contributed by atoms with Crippen molar-refractivity contribution in [2.45, 2.75) is 45.3 Å². The maximum absolute atomic E-state index is 14.5. The maximum atomic E-state index is 14.5. The topological polar surface area (TPSA) is 54.8 Å². The average molecular weight is 482 g/mol. The Hall–Kier alpha value is -2.51. The lowest BCUT2D eigenvalue weighted by molar-refractivity contribution is -0.135. The van der Waals surface area contributed by atoms with Crippen LogP contribution in [0.25, 0.3) is 6.08 Å². The van der Waals surface area contributed by atoms with Crippen molar-refractivity contribution in [1.29, 1.82) is 0 Å². The molecule has 3 aliphatic carbocycles. The summed E-state index contributed by atoms with van der Waals surface area (Å²) in [5.74, 6) is -0.154. The third-order valence-electron chi connectivity index (χ3n) is 8.19. The normalized spacial score (nSPS) is 29.0. The highest BCUT2D eigenvalue weighted by Crippen LogP contribution is 2.40. The summed E-state index contributed by atoms with van der Waals surface area (Å²) in [6.45, 7) is 7.69. The van der Waals surface area contributed by atoms with Gasteiger partial charge in [0.15, 0.2) is 5.78 Å². The number of fused-ring (bicyclic) bond motifs is 3. The fraction of sp³-hybridized carbons (Fsp3) is 0.571. The Morgan fingerprint density at radius 3 is 2.69 bits per heavy atom. The van der Waals surface area contributed by atoms with Gasteiger partial charge in [-0.2, -0.15) is 0 Å². The molecule has 1 aliphatic heterocycles. The summed E-state index contributed by atoms with van der Waals surface area (Å²) in [4.78, 5) is 30.4. The molecule has 1 saturated heterocycles. The second-order valence-corrected chi connectivity index (χ2v) is 10.9. The van der Waals surface area contributed by atoms with Gasteiger partial charge in [-0.15, -0.1) is 0 Å². The minimum absolute atomic E-state index is 0.0227. The van der Waals surface area contributed by atoms with E-state index in [4.69, 9.17) is 4.74 Å². The highest BCUT2D eigenvalue weighted by molar-refractivity contribution is 6.02. The number of hydrogen-bond acceptors (Lipinski definition) is 5. The van der Waals surface area contributed by atoms with Gasteiger partial charge in [-0.3, -0.25) is 4.79 Å². The van der Waals surface area contributed by atoms with Crippen LogP contribution in [-0.4, -0.2) is 79.2 Å². The lowest BCUT2D eigenvalue weighted by Gasteiger charge is -2.35. The van der Waals surface area contributed by atoms with Crippen molar-refractivity contribution < 1.29 is 18.7 Å². The van der Waals surface area contributed by atoms with Crippen LogP contribution in [-0.2, 0) is 28.9 Å². The number of likely N-dealkylation sites (N-methyl/N-ethyl adjacent to an activating group) is 1. The number of Topliss-reactive ketones (excluding diaryl/α,β-unsaturated/α-hetero) is 1. The smallest absolute Gasteiger partial charge is 0.337 e. The van der Waals surface area contributed by atoms with Crippen LogP contribution < -0.4 is 0 Å². The number of ether oxygens (including phenoxy) is 1. The molecule has 0 bridgehead atoms. The van der Waals surface area contributed by atoms with E-state index in [1.165, 1.54) is 7.11 Å². The van der Waals surface area contributed by atoms with Crippen molar-refractivity contribution in [3.63, 3.8) is 0 Å². The summed E-state index contributed by atoms with van der Waals surface area (Å²) in [7, 11) is 3.53. The molecule has 0 amide bonds.